The first-order valence-corrected chi connectivity index (χ1v) is 24.2. The molecule has 316 valence electrons. The van der Waals surface area contributed by atoms with E-state index in [4.69, 9.17) is 9.47 Å². The molecule has 4 aromatic heterocycles. The van der Waals surface area contributed by atoms with E-state index in [0.29, 0.717) is 11.8 Å². The number of piperidine rings is 6. The molecule has 6 aliphatic heterocycles. The molecule has 0 aromatic carbocycles. The monoisotopic (exact) mass is 990 g/mol. The lowest BCUT2D eigenvalue weighted by Gasteiger charge is -2.52. The standard InChI is InChI=1S/2C23H30NO2S2.2BrH/c2*1-17(2)6-3-11-24-12-9-18(10-13-24)19(16-24)26-23(25)22(20-7-4-14-27-20)21-8-5-15-28-21;;/h2*4-8,14-15,18-19,22H,3,9-13,16H2,1-2H3;2*1H/q2*+1;;/p-2/t2*18?,19-,24?;;/m00../s1. The lowest BCUT2D eigenvalue weighted by atomic mass is 9.83. The number of hydrogen-bond acceptors (Lipinski definition) is 8. The Morgan fingerprint density at radius 1 is 0.586 bits per heavy atom. The lowest BCUT2D eigenvalue weighted by molar-refractivity contribution is -0.945. The van der Waals surface area contributed by atoms with E-state index in [1.807, 2.05) is 45.8 Å². The van der Waals surface area contributed by atoms with Crippen LogP contribution in [-0.2, 0) is 19.1 Å². The highest BCUT2D eigenvalue weighted by atomic mass is 79.9. The van der Waals surface area contributed by atoms with Gasteiger partial charge < -0.3 is 52.4 Å². The van der Waals surface area contributed by atoms with E-state index in [1.165, 1.54) is 76.1 Å². The number of ether oxygens (including phenoxy) is 2. The maximum absolute atomic E-state index is 13.3. The van der Waals surface area contributed by atoms with E-state index >= 15 is 0 Å². The number of thiophene rings is 4. The van der Waals surface area contributed by atoms with E-state index in [0.717, 1.165) is 54.4 Å². The summed E-state index contributed by atoms with van der Waals surface area (Å²) in [6.07, 6.45) is 11.8. The van der Waals surface area contributed by atoms with Gasteiger partial charge in [0.05, 0.1) is 39.3 Å². The average Bonchev–Trinajstić information content (AvgIpc) is 4.03. The number of allylic oxidation sites excluding steroid dienone is 2. The zero-order valence-corrected chi connectivity index (χ0v) is 40.8. The maximum atomic E-state index is 13.3. The number of halogens is 2. The Balaban J connectivity index is 0.000000214. The Labute approximate surface area is 383 Å². The number of rotatable bonds is 14. The van der Waals surface area contributed by atoms with Crippen molar-refractivity contribution in [2.24, 2.45) is 11.8 Å². The Morgan fingerprint density at radius 2 is 0.897 bits per heavy atom. The third kappa shape index (κ3) is 11.7. The van der Waals surface area contributed by atoms with Crippen LogP contribution in [-0.4, -0.2) is 85.5 Å². The smallest absolute Gasteiger partial charge is 0.320 e. The molecule has 2 atom stereocenters. The first-order chi connectivity index (χ1) is 27.1. The second kappa shape index (κ2) is 21.8. The van der Waals surface area contributed by atoms with Gasteiger partial charge in [0.15, 0.2) is 12.2 Å². The summed E-state index contributed by atoms with van der Waals surface area (Å²) in [5.74, 6) is 0.417. The molecule has 58 heavy (non-hydrogen) atoms. The lowest BCUT2D eigenvalue weighted by Crippen LogP contribution is -3.00. The van der Waals surface area contributed by atoms with Crippen molar-refractivity contribution in [2.75, 3.05) is 52.4 Å². The fourth-order valence-corrected chi connectivity index (χ4v) is 13.1. The topological polar surface area (TPSA) is 52.6 Å². The van der Waals surface area contributed by atoms with E-state index < -0.39 is 0 Å². The third-order valence-electron chi connectivity index (χ3n) is 12.7. The molecule has 6 nitrogen and oxygen atoms in total. The minimum absolute atomic E-state index is 0. The van der Waals surface area contributed by atoms with Gasteiger partial charge in [-0.15, -0.1) is 45.3 Å². The Hall–Kier alpha value is -1.90. The van der Waals surface area contributed by atoms with Gasteiger partial charge in [-0.05, 0) is 73.5 Å². The first-order valence-electron chi connectivity index (χ1n) is 20.6. The van der Waals surface area contributed by atoms with Gasteiger partial charge in [-0.2, -0.15) is 0 Å². The molecule has 0 spiro atoms. The molecule has 0 radical (unpaired) electrons. The van der Waals surface area contributed by atoms with Crippen LogP contribution < -0.4 is 34.0 Å². The molecule has 10 rings (SSSR count). The molecule has 0 aliphatic carbocycles. The maximum Gasteiger partial charge on any atom is 0.320 e. The van der Waals surface area contributed by atoms with E-state index in [9.17, 15) is 9.59 Å². The SMILES string of the molecule is CC(C)=CCC[N+]12CCC(CC1)[C@@H](OC(=O)C(c1cccs1)c1cccs1)C2.CC(C)=CCC[N+]12CCC(CC1)[C@@H](OC(=O)C(c1cccs1)c1cccs1)C2.[Br-].[Br-]. The second-order valence-electron chi connectivity index (χ2n) is 17.1. The number of quaternary nitrogens is 2. The van der Waals surface area contributed by atoms with Gasteiger partial charge in [0.25, 0.3) is 0 Å². The summed E-state index contributed by atoms with van der Waals surface area (Å²) in [5, 5.41) is 8.17. The highest BCUT2D eigenvalue weighted by Gasteiger charge is 2.49. The van der Waals surface area contributed by atoms with Crippen molar-refractivity contribution < 1.29 is 62.0 Å². The van der Waals surface area contributed by atoms with Gasteiger partial charge >= 0.3 is 11.9 Å². The van der Waals surface area contributed by atoms with Crippen LogP contribution in [0.15, 0.2) is 93.3 Å². The van der Waals surface area contributed by atoms with Gasteiger partial charge in [0.1, 0.15) is 24.9 Å². The first kappa shape index (κ1) is 47.2. The van der Waals surface area contributed by atoms with Crippen molar-refractivity contribution in [1.29, 1.82) is 0 Å². The molecule has 6 saturated heterocycles. The van der Waals surface area contributed by atoms with Crippen molar-refractivity contribution >= 4 is 57.3 Å². The van der Waals surface area contributed by atoms with Crippen molar-refractivity contribution in [3.8, 4) is 0 Å². The highest BCUT2D eigenvalue weighted by Crippen LogP contribution is 2.40. The van der Waals surface area contributed by atoms with E-state index in [2.05, 4.69) is 64.1 Å². The zero-order chi connectivity index (χ0) is 39.1. The molecule has 6 aliphatic rings. The number of carbonyl (C=O) groups is 2. The fourth-order valence-electron chi connectivity index (χ4n) is 9.59. The van der Waals surface area contributed by atoms with Crippen molar-refractivity contribution in [3.63, 3.8) is 0 Å². The Morgan fingerprint density at radius 3 is 1.16 bits per heavy atom. The number of esters is 2. The van der Waals surface area contributed by atoms with Crippen LogP contribution in [0.5, 0.6) is 0 Å². The van der Waals surface area contributed by atoms with Gasteiger partial charge in [-0.25, -0.2) is 0 Å². The molecule has 4 aromatic rings. The highest BCUT2D eigenvalue weighted by molar-refractivity contribution is 7.12. The van der Waals surface area contributed by atoms with Crippen LogP contribution in [0.25, 0.3) is 0 Å². The summed E-state index contributed by atoms with van der Waals surface area (Å²) >= 11 is 6.57. The predicted molar refractivity (Wildman–Crippen MR) is 234 cm³/mol. The summed E-state index contributed by atoms with van der Waals surface area (Å²) in [5.41, 5.74) is 2.78. The van der Waals surface area contributed by atoms with Crippen molar-refractivity contribution in [1.82, 2.24) is 0 Å². The second-order valence-corrected chi connectivity index (χ2v) is 21.0. The van der Waals surface area contributed by atoms with Gasteiger partial charge in [-0.3, -0.25) is 9.59 Å². The summed E-state index contributed by atoms with van der Waals surface area (Å²) in [6.45, 7) is 18.0. The summed E-state index contributed by atoms with van der Waals surface area (Å²) in [7, 11) is 0. The molecule has 6 fully saturated rings. The fraction of sp³-hybridized carbons (Fsp3) is 0.522. The van der Waals surface area contributed by atoms with Crippen LogP contribution in [0, 0.1) is 11.8 Å². The minimum atomic E-state index is -0.269. The summed E-state index contributed by atoms with van der Waals surface area (Å²) < 4.78 is 14.7. The van der Waals surface area contributed by atoms with Gasteiger partial charge in [-0.1, -0.05) is 47.6 Å². The van der Waals surface area contributed by atoms with Crippen LogP contribution in [0.2, 0.25) is 0 Å². The number of nitrogens with zero attached hydrogens (tertiary/aromatic N) is 2. The molecular weight excluding hydrogens is 933 g/mol. The van der Waals surface area contributed by atoms with Crippen LogP contribution in [0.1, 0.15) is 97.6 Å². The van der Waals surface area contributed by atoms with E-state index in [-0.39, 0.29) is 69.9 Å². The van der Waals surface area contributed by atoms with Crippen molar-refractivity contribution in [2.45, 2.75) is 90.3 Å². The molecule has 12 heteroatoms. The number of carbonyl (C=O) groups excluding carboxylic acids is 2. The van der Waals surface area contributed by atoms with Crippen LogP contribution >= 0.6 is 45.3 Å². The van der Waals surface area contributed by atoms with Gasteiger partial charge in [0, 0.05) is 69.9 Å². The summed E-state index contributed by atoms with van der Waals surface area (Å²) in [4.78, 5) is 30.9. The molecule has 0 saturated carbocycles. The van der Waals surface area contributed by atoms with Crippen LogP contribution in [0.3, 0.4) is 0 Å². The number of fused-ring (bicyclic) bond motifs is 6. The van der Waals surface area contributed by atoms with E-state index in [1.54, 1.807) is 45.3 Å². The van der Waals surface area contributed by atoms with Crippen molar-refractivity contribution in [3.05, 3.63) is 113 Å². The molecule has 0 amide bonds. The molecular formula is C46H60Br2N2O4S4. The van der Waals surface area contributed by atoms with Gasteiger partial charge in [0.2, 0.25) is 0 Å². The molecule has 0 N–H and O–H groups in total. The zero-order valence-electron chi connectivity index (χ0n) is 34.4. The quantitative estimate of drug-likeness (QED) is 0.103. The largest absolute Gasteiger partial charge is 1.00 e. The predicted octanol–water partition coefficient (Wildman–Crippen LogP) is 4.91. The minimum Gasteiger partial charge on any atom is -1.00 e. The normalized spacial score (nSPS) is 25.5. The third-order valence-corrected chi connectivity index (χ3v) is 16.5. The number of hydrogen-bond donors (Lipinski definition) is 0. The molecule has 0 unspecified atom stereocenters. The van der Waals surface area contributed by atoms with Crippen LogP contribution in [0.4, 0.5) is 0 Å². The Bertz CT molecular complexity index is 1680. The molecule has 4 bridgehead atoms. The Kier molecular flexibility index (Phi) is 17.7. The molecule has 10 heterocycles. The average molecular weight is 993 g/mol. The summed E-state index contributed by atoms with van der Waals surface area (Å²) in [6, 6.07) is 16.3.